The Morgan fingerprint density at radius 3 is 2.56 bits per heavy atom. The molecule has 1 amide bonds. The van der Waals surface area contributed by atoms with E-state index in [9.17, 15) is 18.0 Å². The lowest BCUT2D eigenvalue weighted by atomic mass is 10.0. The van der Waals surface area contributed by atoms with E-state index in [1.807, 2.05) is 6.92 Å². The van der Waals surface area contributed by atoms with Gasteiger partial charge in [0.05, 0.1) is 11.5 Å². The van der Waals surface area contributed by atoms with Gasteiger partial charge in [0.2, 0.25) is 5.91 Å². The summed E-state index contributed by atoms with van der Waals surface area (Å²) < 4.78 is 22.5. The van der Waals surface area contributed by atoms with Gasteiger partial charge in [-0.15, -0.1) is 0 Å². The van der Waals surface area contributed by atoms with Crippen LogP contribution in [-0.2, 0) is 19.4 Å². The van der Waals surface area contributed by atoms with Crippen molar-refractivity contribution in [3.63, 3.8) is 0 Å². The number of sulfone groups is 1. The van der Waals surface area contributed by atoms with Gasteiger partial charge in [0, 0.05) is 6.42 Å². The first-order chi connectivity index (χ1) is 8.34. The van der Waals surface area contributed by atoms with E-state index < -0.39 is 21.8 Å². The van der Waals surface area contributed by atoms with E-state index in [1.54, 1.807) is 0 Å². The SMILES string of the molecule is CCC[C@@H](NC(=O)CC1CCS(=O)(=O)C1)C(=O)O. The van der Waals surface area contributed by atoms with E-state index in [1.165, 1.54) is 0 Å². The summed E-state index contributed by atoms with van der Waals surface area (Å²) in [6, 6.07) is -0.875. The van der Waals surface area contributed by atoms with E-state index in [4.69, 9.17) is 5.11 Å². The summed E-state index contributed by atoms with van der Waals surface area (Å²) in [7, 11) is -2.99. The highest BCUT2D eigenvalue weighted by atomic mass is 32.2. The average Bonchev–Trinajstić information content (AvgIpc) is 2.57. The van der Waals surface area contributed by atoms with Crippen molar-refractivity contribution in [3.05, 3.63) is 0 Å². The number of hydrogen-bond acceptors (Lipinski definition) is 4. The number of amides is 1. The molecular weight excluding hydrogens is 258 g/mol. The van der Waals surface area contributed by atoms with Gasteiger partial charge < -0.3 is 10.4 Å². The molecule has 0 spiro atoms. The van der Waals surface area contributed by atoms with Crippen LogP contribution < -0.4 is 5.32 Å². The van der Waals surface area contributed by atoms with Crippen LogP contribution in [-0.4, -0.2) is 42.9 Å². The molecule has 1 rings (SSSR count). The fourth-order valence-electron chi connectivity index (χ4n) is 2.09. The smallest absolute Gasteiger partial charge is 0.326 e. The van der Waals surface area contributed by atoms with Crippen LogP contribution in [0.25, 0.3) is 0 Å². The summed E-state index contributed by atoms with van der Waals surface area (Å²) in [6.45, 7) is 1.84. The Bertz CT molecular complexity index is 417. The van der Waals surface area contributed by atoms with Gasteiger partial charge in [-0.2, -0.15) is 0 Å². The molecule has 0 saturated carbocycles. The van der Waals surface area contributed by atoms with Crippen LogP contribution in [0.4, 0.5) is 0 Å². The number of hydrogen-bond donors (Lipinski definition) is 2. The summed E-state index contributed by atoms with van der Waals surface area (Å²) in [5, 5.41) is 11.3. The van der Waals surface area contributed by atoms with Crippen LogP contribution in [0.2, 0.25) is 0 Å². The zero-order valence-electron chi connectivity index (χ0n) is 10.4. The maximum atomic E-state index is 11.6. The van der Waals surface area contributed by atoms with Crippen LogP contribution in [0, 0.1) is 5.92 Å². The molecule has 104 valence electrons. The van der Waals surface area contributed by atoms with Crippen molar-refractivity contribution in [2.24, 2.45) is 5.92 Å². The third kappa shape index (κ3) is 4.64. The van der Waals surface area contributed by atoms with Gasteiger partial charge in [0.25, 0.3) is 0 Å². The molecule has 0 radical (unpaired) electrons. The van der Waals surface area contributed by atoms with Crippen LogP contribution in [0.1, 0.15) is 32.6 Å². The van der Waals surface area contributed by atoms with Crippen molar-refractivity contribution in [2.75, 3.05) is 11.5 Å². The summed E-state index contributed by atoms with van der Waals surface area (Å²) in [5.41, 5.74) is 0. The van der Waals surface area contributed by atoms with Crippen LogP contribution in [0.3, 0.4) is 0 Å². The van der Waals surface area contributed by atoms with Gasteiger partial charge in [0.15, 0.2) is 9.84 Å². The van der Waals surface area contributed by atoms with Gasteiger partial charge >= 0.3 is 5.97 Å². The Hall–Kier alpha value is -1.11. The molecule has 1 aliphatic rings. The molecule has 6 nitrogen and oxygen atoms in total. The largest absolute Gasteiger partial charge is 0.480 e. The Morgan fingerprint density at radius 1 is 1.44 bits per heavy atom. The van der Waals surface area contributed by atoms with Crippen LogP contribution >= 0.6 is 0 Å². The van der Waals surface area contributed by atoms with Gasteiger partial charge in [-0.3, -0.25) is 4.79 Å². The minimum Gasteiger partial charge on any atom is -0.480 e. The second kappa shape index (κ2) is 6.17. The van der Waals surface area contributed by atoms with Crippen molar-refractivity contribution < 1.29 is 23.1 Å². The molecule has 1 saturated heterocycles. The Kier molecular flexibility index (Phi) is 5.13. The van der Waals surface area contributed by atoms with E-state index in [-0.39, 0.29) is 29.8 Å². The lowest BCUT2D eigenvalue weighted by Crippen LogP contribution is -2.41. The van der Waals surface area contributed by atoms with E-state index in [0.29, 0.717) is 19.3 Å². The molecule has 0 aromatic heterocycles. The fraction of sp³-hybridized carbons (Fsp3) is 0.818. The fourth-order valence-corrected chi connectivity index (χ4v) is 3.96. The zero-order chi connectivity index (χ0) is 13.8. The van der Waals surface area contributed by atoms with Gasteiger partial charge in [-0.25, -0.2) is 13.2 Å². The van der Waals surface area contributed by atoms with Crippen molar-refractivity contribution in [3.8, 4) is 0 Å². The van der Waals surface area contributed by atoms with E-state index in [0.717, 1.165) is 0 Å². The highest BCUT2D eigenvalue weighted by Crippen LogP contribution is 2.21. The third-order valence-electron chi connectivity index (χ3n) is 3.01. The quantitative estimate of drug-likeness (QED) is 0.721. The van der Waals surface area contributed by atoms with E-state index in [2.05, 4.69) is 5.32 Å². The predicted molar refractivity (Wildman–Crippen MR) is 65.9 cm³/mol. The number of carboxylic acid groups (broad SMARTS) is 1. The summed E-state index contributed by atoms with van der Waals surface area (Å²) in [6.07, 6.45) is 1.62. The average molecular weight is 277 g/mol. The third-order valence-corrected chi connectivity index (χ3v) is 4.85. The number of rotatable bonds is 6. The van der Waals surface area contributed by atoms with Gasteiger partial charge in [-0.1, -0.05) is 13.3 Å². The summed E-state index contributed by atoms with van der Waals surface area (Å²) in [5.74, 6) is -1.44. The molecule has 0 aromatic rings. The molecule has 18 heavy (non-hydrogen) atoms. The Labute approximate surface area is 107 Å². The van der Waals surface area contributed by atoms with E-state index >= 15 is 0 Å². The second-order valence-electron chi connectivity index (χ2n) is 4.72. The molecule has 1 aliphatic heterocycles. The van der Waals surface area contributed by atoms with Gasteiger partial charge in [0.1, 0.15) is 6.04 Å². The highest BCUT2D eigenvalue weighted by Gasteiger charge is 2.30. The first-order valence-corrected chi connectivity index (χ1v) is 7.88. The van der Waals surface area contributed by atoms with Crippen molar-refractivity contribution in [1.82, 2.24) is 5.32 Å². The van der Waals surface area contributed by atoms with Gasteiger partial charge in [-0.05, 0) is 18.8 Å². The summed E-state index contributed by atoms with van der Waals surface area (Å²) >= 11 is 0. The predicted octanol–water partition coefficient (Wildman–Crippen LogP) is 0.181. The second-order valence-corrected chi connectivity index (χ2v) is 6.95. The lowest BCUT2D eigenvalue weighted by Gasteiger charge is -2.14. The van der Waals surface area contributed by atoms with Crippen LogP contribution in [0.15, 0.2) is 0 Å². The summed E-state index contributed by atoms with van der Waals surface area (Å²) in [4.78, 5) is 22.5. The number of carboxylic acids is 1. The maximum Gasteiger partial charge on any atom is 0.326 e. The number of aliphatic carboxylic acids is 1. The minimum absolute atomic E-state index is 0.0337. The monoisotopic (exact) mass is 277 g/mol. The number of carbonyl (C=O) groups is 2. The molecule has 0 aliphatic carbocycles. The van der Waals surface area contributed by atoms with Crippen molar-refractivity contribution in [2.45, 2.75) is 38.6 Å². The van der Waals surface area contributed by atoms with Crippen LogP contribution in [0.5, 0.6) is 0 Å². The number of nitrogens with one attached hydrogen (secondary N) is 1. The molecule has 2 N–H and O–H groups in total. The molecule has 2 atom stereocenters. The molecule has 1 heterocycles. The Morgan fingerprint density at radius 2 is 2.11 bits per heavy atom. The Balaban J connectivity index is 2.44. The molecule has 1 unspecified atom stereocenters. The highest BCUT2D eigenvalue weighted by molar-refractivity contribution is 7.91. The molecule has 7 heteroatoms. The minimum atomic E-state index is -2.99. The van der Waals surface area contributed by atoms with Crippen molar-refractivity contribution >= 4 is 21.7 Å². The number of carbonyl (C=O) groups excluding carboxylic acids is 1. The molecule has 1 fully saturated rings. The maximum absolute atomic E-state index is 11.6. The first-order valence-electron chi connectivity index (χ1n) is 6.06. The molecular formula is C11H19NO5S. The first kappa shape index (κ1) is 14.9. The lowest BCUT2D eigenvalue weighted by molar-refractivity contribution is -0.142. The van der Waals surface area contributed by atoms with Crippen molar-refractivity contribution in [1.29, 1.82) is 0 Å². The standard InChI is InChI=1S/C11H19NO5S/c1-2-3-9(11(14)15)12-10(13)6-8-4-5-18(16,17)7-8/h8-9H,2-7H2,1H3,(H,12,13)(H,14,15)/t8?,9-/m1/s1. The molecule has 0 aromatic carbocycles. The zero-order valence-corrected chi connectivity index (χ0v) is 11.2. The topological polar surface area (TPSA) is 101 Å². The molecule has 0 bridgehead atoms. The normalized spacial score (nSPS) is 23.5.